The first-order valence-electron chi connectivity index (χ1n) is 8.26. The Bertz CT molecular complexity index is 601. The van der Waals surface area contributed by atoms with Crippen molar-refractivity contribution in [3.63, 3.8) is 0 Å². The van der Waals surface area contributed by atoms with Crippen LogP contribution in [0, 0.1) is 5.41 Å². The Morgan fingerprint density at radius 2 is 2.00 bits per heavy atom. The summed E-state index contributed by atoms with van der Waals surface area (Å²) in [4.78, 5) is 26.5. The molecular weight excluding hydrogens is 342 g/mol. The molecule has 25 heavy (non-hydrogen) atoms. The Kier molecular flexibility index (Phi) is 7.70. The highest BCUT2D eigenvalue weighted by molar-refractivity contribution is 5.87. The molecule has 0 radical (unpaired) electrons. The van der Waals surface area contributed by atoms with Crippen LogP contribution in [-0.2, 0) is 9.59 Å². The van der Waals surface area contributed by atoms with Gasteiger partial charge in [-0.1, -0.05) is 39.0 Å². The van der Waals surface area contributed by atoms with Crippen LogP contribution in [0.25, 0.3) is 0 Å². The van der Waals surface area contributed by atoms with Crippen LogP contribution in [-0.4, -0.2) is 50.0 Å². The van der Waals surface area contributed by atoms with Crippen molar-refractivity contribution in [3.05, 3.63) is 29.8 Å². The van der Waals surface area contributed by atoms with Gasteiger partial charge >= 0.3 is 0 Å². The summed E-state index contributed by atoms with van der Waals surface area (Å²) in [5.41, 5.74) is 0.467. The molecule has 7 heteroatoms. The molecule has 0 spiro atoms. The van der Waals surface area contributed by atoms with Crippen LogP contribution in [0.3, 0.4) is 0 Å². The van der Waals surface area contributed by atoms with Gasteiger partial charge in [0, 0.05) is 30.6 Å². The van der Waals surface area contributed by atoms with Crippen molar-refractivity contribution in [3.8, 4) is 5.75 Å². The molecule has 0 aromatic heterocycles. The van der Waals surface area contributed by atoms with Crippen LogP contribution in [0.15, 0.2) is 24.3 Å². The van der Waals surface area contributed by atoms with E-state index in [1.165, 1.54) is 0 Å². The van der Waals surface area contributed by atoms with E-state index in [4.69, 9.17) is 4.74 Å². The number of halogens is 1. The third-order valence-corrected chi connectivity index (χ3v) is 4.14. The molecule has 140 valence electrons. The number of para-hydroxylation sites is 1. The lowest BCUT2D eigenvalue weighted by Crippen LogP contribution is -2.52. The molecule has 0 bridgehead atoms. The maximum absolute atomic E-state index is 12.7. The van der Waals surface area contributed by atoms with Crippen LogP contribution in [0.2, 0.25) is 0 Å². The van der Waals surface area contributed by atoms with E-state index in [-0.39, 0.29) is 36.8 Å². The standard InChI is InChI=1S/C18H27N3O3.ClH/c1-18(2,3)17(23)20-12-16(22)21-10-9-19-11-14(21)13-7-5-6-8-15(13)24-4;/h5-8,14,19H,9-12H2,1-4H3,(H,20,23);1H. The topological polar surface area (TPSA) is 70.7 Å². The average molecular weight is 370 g/mol. The summed E-state index contributed by atoms with van der Waals surface area (Å²) in [6.45, 7) is 7.51. The predicted molar refractivity (Wildman–Crippen MR) is 100 cm³/mol. The van der Waals surface area contributed by atoms with Gasteiger partial charge in [-0.25, -0.2) is 0 Å². The van der Waals surface area contributed by atoms with Gasteiger partial charge in [0.1, 0.15) is 5.75 Å². The Balaban J connectivity index is 0.00000312. The number of methoxy groups -OCH3 is 1. The van der Waals surface area contributed by atoms with E-state index < -0.39 is 5.41 Å². The second kappa shape index (κ2) is 9.06. The number of nitrogens with one attached hydrogen (secondary N) is 2. The van der Waals surface area contributed by atoms with Crippen molar-refractivity contribution in [1.29, 1.82) is 0 Å². The van der Waals surface area contributed by atoms with Gasteiger partial charge in [-0.05, 0) is 6.07 Å². The maximum atomic E-state index is 12.7. The molecule has 1 atom stereocenters. The number of hydrogen-bond donors (Lipinski definition) is 2. The van der Waals surface area contributed by atoms with Gasteiger partial charge < -0.3 is 20.3 Å². The molecule has 1 aliphatic heterocycles. The highest BCUT2D eigenvalue weighted by atomic mass is 35.5. The molecule has 2 N–H and O–H groups in total. The zero-order chi connectivity index (χ0) is 17.7. The second-order valence-corrected chi connectivity index (χ2v) is 6.98. The Hall–Kier alpha value is -1.79. The van der Waals surface area contributed by atoms with Crippen molar-refractivity contribution in [2.75, 3.05) is 33.3 Å². The van der Waals surface area contributed by atoms with E-state index in [1.54, 1.807) is 7.11 Å². The van der Waals surface area contributed by atoms with Crippen LogP contribution in [0.1, 0.15) is 32.4 Å². The number of benzene rings is 1. The van der Waals surface area contributed by atoms with Gasteiger partial charge in [-0.15, -0.1) is 12.4 Å². The highest BCUT2D eigenvalue weighted by Gasteiger charge is 2.30. The minimum absolute atomic E-state index is 0. The van der Waals surface area contributed by atoms with E-state index in [0.29, 0.717) is 13.1 Å². The lowest BCUT2D eigenvalue weighted by Gasteiger charge is -2.37. The van der Waals surface area contributed by atoms with E-state index in [0.717, 1.165) is 17.9 Å². The van der Waals surface area contributed by atoms with E-state index in [2.05, 4.69) is 10.6 Å². The smallest absolute Gasteiger partial charge is 0.242 e. The van der Waals surface area contributed by atoms with E-state index >= 15 is 0 Å². The van der Waals surface area contributed by atoms with Gasteiger partial charge in [0.2, 0.25) is 11.8 Å². The number of amides is 2. The summed E-state index contributed by atoms with van der Waals surface area (Å²) in [7, 11) is 1.63. The number of carbonyl (C=O) groups excluding carboxylic acids is 2. The van der Waals surface area contributed by atoms with Gasteiger partial charge in [0.15, 0.2) is 0 Å². The first-order chi connectivity index (χ1) is 11.3. The normalized spacial score (nSPS) is 17.4. The zero-order valence-corrected chi connectivity index (χ0v) is 16.1. The molecule has 2 amide bonds. The second-order valence-electron chi connectivity index (χ2n) is 6.98. The molecule has 1 heterocycles. The van der Waals surface area contributed by atoms with Crippen LogP contribution >= 0.6 is 12.4 Å². The molecule has 1 fully saturated rings. The SMILES string of the molecule is COc1ccccc1C1CNCCN1C(=O)CNC(=O)C(C)(C)C.Cl. The third-order valence-electron chi connectivity index (χ3n) is 4.14. The van der Waals surface area contributed by atoms with Crippen LogP contribution < -0.4 is 15.4 Å². The highest BCUT2D eigenvalue weighted by Crippen LogP contribution is 2.30. The van der Waals surface area contributed by atoms with Crippen molar-refractivity contribution < 1.29 is 14.3 Å². The quantitative estimate of drug-likeness (QED) is 0.848. The zero-order valence-electron chi connectivity index (χ0n) is 15.3. The number of nitrogens with zero attached hydrogens (tertiary/aromatic N) is 1. The summed E-state index contributed by atoms with van der Waals surface area (Å²) < 4.78 is 5.43. The van der Waals surface area contributed by atoms with Crippen LogP contribution in [0.4, 0.5) is 0 Å². The fourth-order valence-electron chi connectivity index (χ4n) is 2.74. The lowest BCUT2D eigenvalue weighted by molar-refractivity contribution is -0.137. The van der Waals surface area contributed by atoms with E-state index in [9.17, 15) is 9.59 Å². The first-order valence-corrected chi connectivity index (χ1v) is 8.26. The summed E-state index contributed by atoms with van der Waals surface area (Å²) in [6.07, 6.45) is 0. The fourth-order valence-corrected chi connectivity index (χ4v) is 2.74. The monoisotopic (exact) mass is 369 g/mol. The van der Waals surface area contributed by atoms with Gasteiger partial charge in [0.25, 0.3) is 0 Å². The first kappa shape index (κ1) is 21.3. The molecule has 1 unspecified atom stereocenters. The molecule has 1 aliphatic rings. The molecule has 1 aromatic carbocycles. The van der Waals surface area contributed by atoms with Gasteiger partial charge in [-0.3, -0.25) is 9.59 Å². The van der Waals surface area contributed by atoms with Crippen molar-refractivity contribution >= 4 is 24.2 Å². The number of ether oxygens (including phenoxy) is 1. The van der Waals surface area contributed by atoms with Crippen molar-refractivity contribution in [2.24, 2.45) is 5.41 Å². The van der Waals surface area contributed by atoms with Crippen LogP contribution in [0.5, 0.6) is 5.75 Å². The number of rotatable bonds is 4. The minimum Gasteiger partial charge on any atom is -0.496 e. The Morgan fingerprint density at radius 3 is 2.64 bits per heavy atom. The molecule has 1 aromatic rings. The number of piperazine rings is 1. The maximum Gasteiger partial charge on any atom is 0.242 e. The summed E-state index contributed by atoms with van der Waals surface area (Å²) in [6, 6.07) is 7.62. The van der Waals surface area contributed by atoms with Gasteiger partial charge in [-0.2, -0.15) is 0 Å². The minimum atomic E-state index is -0.508. The Morgan fingerprint density at radius 1 is 1.32 bits per heavy atom. The van der Waals surface area contributed by atoms with Crippen molar-refractivity contribution in [2.45, 2.75) is 26.8 Å². The molecular formula is C18H28ClN3O3. The summed E-state index contributed by atoms with van der Waals surface area (Å²) in [5, 5.41) is 6.06. The number of hydrogen-bond acceptors (Lipinski definition) is 4. The number of carbonyl (C=O) groups is 2. The average Bonchev–Trinajstić information content (AvgIpc) is 2.58. The third kappa shape index (κ3) is 5.34. The fraction of sp³-hybridized carbons (Fsp3) is 0.556. The molecule has 1 saturated heterocycles. The molecule has 0 saturated carbocycles. The predicted octanol–water partition coefficient (Wildman–Crippen LogP) is 1.75. The molecule has 0 aliphatic carbocycles. The van der Waals surface area contributed by atoms with Gasteiger partial charge in [0.05, 0.1) is 19.7 Å². The molecule has 2 rings (SSSR count). The summed E-state index contributed by atoms with van der Waals surface area (Å²) in [5.74, 6) is 0.563. The Labute approximate surface area is 155 Å². The lowest BCUT2D eigenvalue weighted by atomic mass is 9.96. The summed E-state index contributed by atoms with van der Waals surface area (Å²) >= 11 is 0. The van der Waals surface area contributed by atoms with E-state index in [1.807, 2.05) is 49.9 Å². The van der Waals surface area contributed by atoms with Crippen molar-refractivity contribution in [1.82, 2.24) is 15.5 Å². The molecule has 6 nitrogen and oxygen atoms in total. The largest absolute Gasteiger partial charge is 0.496 e.